The van der Waals surface area contributed by atoms with E-state index in [0.29, 0.717) is 6.42 Å². The molecule has 14 heteroatoms. The number of aliphatic hydroxyl groups excluding tert-OH is 8. The molecule has 2 rings (SSSR count). The minimum Gasteiger partial charge on any atom is -0.394 e. The Balaban J connectivity index is 1.54. The van der Waals surface area contributed by atoms with Crippen molar-refractivity contribution in [2.45, 2.75) is 415 Å². The summed E-state index contributed by atoms with van der Waals surface area (Å²) >= 11 is 0. The van der Waals surface area contributed by atoms with Crippen LogP contribution in [0.5, 0.6) is 0 Å². The minimum absolute atomic E-state index is 0.233. The zero-order valence-corrected chi connectivity index (χ0v) is 58.3. The van der Waals surface area contributed by atoms with Gasteiger partial charge in [0.05, 0.1) is 32.0 Å². The SMILES string of the molecule is CCCCCCC/C=C\C/C=C\C/C=C\CCCCCCCCCCCCCCCCCCCCCCCCCCCCC(=O)NC(COC1OC(CO)C(OC2OC(CO)C(O)C(O)C2O)C(O)C1O)C(O)/C=C/CCCCCCCCCCCCCCCC. The molecule has 0 saturated carbocycles. The van der Waals surface area contributed by atoms with Crippen LogP contribution in [0, 0.1) is 0 Å². The Morgan fingerprint density at radius 3 is 1.11 bits per heavy atom. The van der Waals surface area contributed by atoms with E-state index in [1.54, 1.807) is 6.08 Å². The summed E-state index contributed by atoms with van der Waals surface area (Å²) in [6.45, 7) is 2.82. The minimum atomic E-state index is -1.79. The number of carbonyl (C=O) groups is 1. The van der Waals surface area contributed by atoms with Gasteiger partial charge in [-0.1, -0.05) is 326 Å². The van der Waals surface area contributed by atoms with Crippen LogP contribution >= 0.6 is 0 Å². The molecule has 2 heterocycles. The van der Waals surface area contributed by atoms with Crippen LogP contribution in [0.15, 0.2) is 48.6 Å². The van der Waals surface area contributed by atoms with Gasteiger partial charge in [-0.25, -0.2) is 0 Å². The number of hydrogen-bond acceptors (Lipinski definition) is 13. The lowest BCUT2D eigenvalue weighted by atomic mass is 9.97. The van der Waals surface area contributed by atoms with Crippen LogP contribution in [0.4, 0.5) is 0 Å². The number of carbonyl (C=O) groups excluding carboxylic acids is 1. The maximum Gasteiger partial charge on any atom is 0.220 e. The summed E-state index contributed by atoms with van der Waals surface area (Å²) in [5.74, 6) is -0.233. The Hall–Kier alpha value is -2.05. The number of amides is 1. The van der Waals surface area contributed by atoms with Crippen molar-refractivity contribution < 1.29 is 64.6 Å². The van der Waals surface area contributed by atoms with E-state index in [1.165, 1.54) is 263 Å². The van der Waals surface area contributed by atoms with E-state index < -0.39 is 86.8 Å². The fraction of sp³-hybridized carbons (Fsp3) is 0.883. The highest BCUT2D eigenvalue weighted by Gasteiger charge is 2.51. The maximum absolute atomic E-state index is 13.3. The van der Waals surface area contributed by atoms with E-state index in [-0.39, 0.29) is 18.9 Å². The van der Waals surface area contributed by atoms with Crippen LogP contribution in [0.25, 0.3) is 0 Å². The summed E-state index contributed by atoms with van der Waals surface area (Å²) in [5.41, 5.74) is 0. The van der Waals surface area contributed by atoms with Gasteiger partial charge >= 0.3 is 0 Å². The summed E-state index contributed by atoms with van der Waals surface area (Å²) in [6.07, 6.45) is 64.9. The molecule has 12 unspecified atom stereocenters. The number of ether oxygens (including phenoxy) is 4. The Morgan fingerprint density at radius 1 is 0.396 bits per heavy atom. The molecule has 91 heavy (non-hydrogen) atoms. The molecule has 2 saturated heterocycles. The van der Waals surface area contributed by atoms with E-state index in [4.69, 9.17) is 18.9 Å². The summed E-state index contributed by atoms with van der Waals surface area (Å²) in [6, 6.07) is -0.913. The summed E-state index contributed by atoms with van der Waals surface area (Å²) in [4.78, 5) is 13.3. The number of nitrogens with one attached hydrogen (secondary N) is 1. The fourth-order valence-corrected chi connectivity index (χ4v) is 12.7. The number of hydrogen-bond donors (Lipinski definition) is 9. The van der Waals surface area contributed by atoms with Crippen molar-refractivity contribution in [3.05, 3.63) is 48.6 Å². The van der Waals surface area contributed by atoms with Crippen LogP contribution in [-0.2, 0) is 23.7 Å². The van der Waals surface area contributed by atoms with E-state index >= 15 is 0 Å². The number of allylic oxidation sites excluding steroid dienone is 7. The smallest absolute Gasteiger partial charge is 0.220 e. The quantitative estimate of drug-likeness (QED) is 0.0204. The first-order chi connectivity index (χ1) is 44.6. The Kier molecular flexibility index (Phi) is 57.5. The van der Waals surface area contributed by atoms with Crippen molar-refractivity contribution in [2.24, 2.45) is 0 Å². The van der Waals surface area contributed by atoms with E-state index in [1.807, 2.05) is 6.08 Å². The normalized spacial score (nSPS) is 23.0. The highest BCUT2D eigenvalue weighted by Crippen LogP contribution is 2.30. The summed E-state index contributed by atoms with van der Waals surface area (Å²) in [5, 5.41) is 87.4. The van der Waals surface area contributed by atoms with Gasteiger partial charge in [0, 0.05) is 6.42 Å². The topological polar surface area (TPSA) is 228 Å². The predicted molar refractivity (Wildman–Crippen MR) is 374 cm³/mol. The van der Waals surface area contributed by atoms with Gasteiger partial charge in [-0.2, -0.15) is 0 Å². The molecule has 534 valence electrons. The molecule has 2 fully saturated rings. The zero-order chi connectivity index (χ0) is 65.9. The lowest BCUT2D eigenvalue weighted by Crippen LogP contribution is -2.65. The number of unbranched alkanes of at least 4 members (excludes halogenated alkanes) is 45. The van der Waals surface area contributed by atoms with Crippen molar-refractivity contribution >= 4 is 5.91 Å². The standard InChI is InChI=1S/C77H143NO13/c1-3-5-7-9-11-13-15-17-19-21-22-23-24-25-26-27-28-29-30-31-32-33-34-35-36-37-38-39-40-41-42-43-44-45-47-49-51-53-55-57-59-61-69(82)78-65(66(81)60-58-56-54-52-50-48-46-20-18-16-14-12-10-8-6-4-2)64-88-76-74(87)72(85)75(68(63-80)90-76)91-77-73(86)71(84)70(83)67(62-79)89-77/h15,17,21-22,24-25,58,60,65-68,70-77,79-81,83-87H,3-14,16,18-20,23,26-57,59,61-64H2,1-2H3,(H,78,82)/b17-15-,22-21-,25-24-,60-58+. The number of rotatable bonds is 64. The molecule has 0 aromatic carbocycles. The van der Waals surface area contributed by atoms with Crippen LogP contribution < -0.4 is 5.32 Å². The fourth-order valence-electron chi connectivity index (χ4n) is 12.7. The predicted octanol–water partition coefficient (Wildman–Crippen LogP) is 16.6. The van der Waals surface area contributed by atoms with Gasteiger partial charge in [0.25, 0.3) is 0 Å². The van der Waals surface area contributed by atoms with Crippen molar-refractivity contribution in [1.29, 1.82) is 0 Å². The second-order valence-electron chi connectivity index (χ2n) is 27.1. The summed E-state index contributed by atoms with van der Waals surface area (Å²) in [7, 11) is 0. The third kappa shape index (κ3) is 45.2. The molecule has 0 aliphatic carbocycles. The highest BCUT2D eigenvalue weighted by molar-refractivity contribution is 5.76. The van der Waals surface area contributed by atoms with Gasteiger partial charge in [-0.15, -0.1) is 0 Å². The van der Waals surface area contributed by atoms with Crippen LogP contribution in [0.3, 0.4) is 0 Å². The Bertz CT molecular complexity index is 1710. The van der Waals surface area contributed by atoms with Crippen LogP contribution in [0.1, 0.15) is 341 Å². The molecule has 0 spiro atoms. The zero-order valence-electron chi connectivity index (χ0n) is 58.3. The van der Waals surface area contributed by atoms with Gasteiger partial charge in [0.2, 0.25) is 5.91 Å². The molecule has 12 atom stereocenters. The molecular weight excluding hydrogens is 1150 g/mol. The second-order valence-corrected chi connectivity index (χ2v) is 27.1. The molecule has 1 amide bonds. The summed E-state index contributed by atoms with van der Waals surface area (Å²) < 4.78 is 22.9. The third-order valence-electron chi connectivity index (χ3n) is 18.8. The largest absolute Gasteiger partial charge is 0.394 e. The van der Waals surface area contributed by atoms with Crippen LogP contribution in [0.2, 0.25) is 0 Å². The average molecular weight is 1290 g/mol. The van der Waals surface area contributed by atoms with E-state index in [9.17, 15) is 45.6 Å². The molecule has 0 radical (unpaired) electrons. The monoisotopic (exact) mass is 1290 g/mol. The van der Waals surface area contributed by atoms with Gasteiger partial charge in [0.1, 0.15) is 48.8 Å². The lowest BCUT2D eigenvalue weighted by Gasteiger charge is -2.46. The Morgan fingerprint density at radius 2 is 0.725 bits per heavy atom. The lowest BCUT2D eigenvalue weighted by molar-refractivity contribution is -0.359. The average Bonchev–Trinajstić information content (AvgIpc) is 1.24. The van der Waals surface area contributed by atoms with Crippen molar-refractivity contribution in [3.63, 3.8) is 0 Å². The molecule has 14 nitrogen and oxygen atoms in total. The molecule has 0 aromatic heterocycles. The second kappa shape index (κ2) is 61.5. The van der Waals surface area contributed by atoms with Crippen molar-refractivity contribution in [1.82, 2.24) is 5.32 Å². The van der Waals surface area contributed by atoms with E-state index in [0.717, 1.165) is 51.4 Å². The first-order valence-corrected chi connectivity index (χ1v) is 38.4. The van der Waals surface area contributed by atoms with E-state index in [2.05, 4.69) is 55.6 Å². The Labute approximate surface area is 556 Å². The van der Waals surface area contributed by atoms with Gasteiger partial charge < -0.3 is 65.1 Å². The van der Waals surface area contributed by atoms with Gasteiger partial charge in [-0.05, 0) is 57.8 Å². The molecule has 2 aliphatic rings. The molecule has 0 bridgehead atoms. The van der Waals surface area contributed by atoms with Crippen LogP contribution in [-0.4, -0.2) is 140 Å². The molecular formula is C77H143NO13. The first-order valence-electron chi connectivity index (χ1n) is 38.4. The van der Waals surface area contributed by atoms with Gasteiger partial charge in [-0.3, -0.25) is 4.79 Å². The molecule has 9 N–H and O–H groups in total. The first kappa shape index (κ1) is 85.0. The third-order valence-corrected chi connectivity index (χ3v) is 18.8. The molecule has 2 aliphatic heterocycles. The maximum atomic E-state index is 13.3. The molecule has 0 aromatic rings. The highest BCUT2D eigenvalue weighted by atomic mass is 16.7. The van der Waals surface area contributed by atoms with Gasteiger partial charge in [0.15, 0.2) is 12.6 Å². The van der Waals surface area contributed by atoms with Crippen molar-refractivity contribution in [2.75, 3.05) is 19.8 Å². The number of aliphatic hydroxyl groups is 8. The van der Waals surface area contributed by atoms with Crippen molar-refractivity contribution in [3.8, 4) is 0 Å².